The number of hydrogen-bond acceptors (Lipinski definition) is 3. The highest BCUT2D eigenvalue weighted by Gasteiger charge is 2.24. The summed E-state index contributed by atoms with van der Waals surface area (Å²) in [6.07, 6.45) is 10.7. The monoisotopic (exact) mass is 279 g/mol. The van der Waals surface area contributed by atoms with Crippen molar-refractivity contribution in [2.75, 3.05) is 6.61 Å². The van der Waals surface area contributed by atoms with Crippen molar-refractivity contribution in [3.8, 4) is 0 Å². The maximum Gasteiger partial charge on any atom is 0.0644 e. The average Bonchev–Trinajstić information content (AvgIpc) is 2.84. The van der Waals surface area contributed by atoms with Crippen molar-refractivity contribution < 1.29 is 5.11 Å². The first-order valence-electron chi connectivity index (χ1n) is 8.17. The van der Waals surface area contributed by atoms with E-state index in [0.717, 1.165) is 6.42 Å². The molecule has 4 nitrogen and oxygen atoms in total. The van der Waals surface area contributed by atoms with E-state index < -0.39 is 0 Å². The first-order valence-corrected chi connectivity index (χ1v) is 8.17. The molecule has 0 amide bonds. The zero-order chi connectivity index (χ0) is 14.4. The fourth-order valence-corrected chi connectivity index (χ4v) is 3.21. The molecule has 0 radical (unpaired) electrons. The molecule has 0 fully saturated rings. The maximum atomic E-state index is 9.09. The predicted octanol–water partition coefficient (Wildman–Crippen LogP) is 2.81. The van der Waals surface area contributed by atoms with E-state index in [2.05, 4.69) is 24.3 Å². The summed E-state index contributed by atoms with van der Waals surface area (Å²) < 4.78 is 1.98. The van der Waals surface area contributed by atoms with Crippen LogP contribution in [0.15, 0.2) is 6.20 Å². The van der Waals surface area contributed by atoms with Crippen LogP contribution in [-0.4, -0.2) is 27.5 Å². The molecule has 0 aromatic carbocycles. The van der Waals surface area contributed by atoms with Gasteiger partial charge >= 0.3 is 0 Å². The van der Waals surface area contributed by atoms with Gasteiger partial charge in [-0.05, 0) is 32.6 Å². The summed E-state index contributed by atoms with van der Waals surface area (Å²) in [5.41, 5.74) is 2.68. The molecule has 4 heteroatoms. The lowest BCUT2D eigenvalue weighted by atomic mass is 9.92. The molecule has 2 unspecified atom stereocenters. The zero-order valence-electron chi connectivity index (χ0n) is 12.9. The molecule has 0 aliphatic heterocycles. The van der Waals surface area contributed by atoms with Gasteiger partial charge in [0.25, 0.3) is 0 Å². The summed E-state index contributed by atoms with van der Waals surface area (Å²) in [5.74, 6) is 0. The van der Waals surface area contributed by atoms with Crippen LogP contribution in [-0.2, 0) is 13.0 Å². The highest BCUT2D eigenvalue weighted by Crippen LogP contribution is 2.30. The summed E-state index contributed by atoms with van der Waals surface area (Å²) in [4.78, 5) is 0. The van der Waals surface area contributed by atoms with Crippen LogP contribution >= 0.6 is 0 Å². The highest BCUT2D eigenvalue weighted by molar-refractivity contribution is 5.25. The topological polar surface area (TPSA) is 50.1 Å². The molecule has 1 aliphatic rings. The summed E-state index contributed by atoms with van der Waals surface area (Å²) in [7, 11) is 0. The van der Waals surface area contributed by atoms with Crippen molar-refractivity contribution in [3.63, 3.8) is 0 Å². The van der Waals surface area contributed by atoms with Crippen molar-refractivity contribution in [1.29, 1.82) is 0 Å². The molecule has 2 rings (SSSR count). The maximum absolute atomic E-state index is 9.09. The second kappa shape index (κ2) is 7.79. The highest BCUT2D eigenvalue weighted by atomic mass is 16.3. The Bertz CT molecular complexity index is 402. The second-order valence-corrected chi connectivity index (χ2v) is 6.00. The number of rotatable bonds is 8. The molecule has 2 N–H and O–H groups in total. The van der Waals surface area contributed by atoms with Crippen molar-refractivity contribution in [2.45, 2.75) is 77.4 Å². The molecule has 0 saturated carbocycles. The minimum absolute atomic E-state index is 0.166. The quantitative estimate of drug-likeness (QED) is 0.719. The number of hydrogen-bond donors (Lipinski definition) is 2. The second-order valence-electron chi connectivity index (χ2n) is 6.00. The van der Waals surface area contributed by atoms with Crippen LogP contribution in [0, 0.1) is 0 Å². The lowest BCUT2D eigenvalue weighted by Crippen LogP contribution is -2.32. The van der Waals surface area contributed by atoms with Crippen LogP contribution < -0.4 is 5.32 Å². The fourth-order valence-electron chi connectivity index (χ4n) is 3.21. The number of fused-ring (bicyclic) bond motifs is 1. The number of nitrogens with zero attached hydrogens (tertiary/aromatic N) is 2. The summed E-state index contributed by atoms with van der Waals surface area (Å²) in [6.45, 7) is 5.33. The molecule has 2 atom stereocenters. The van der Waals surface area contributed by atoms with E-state index in [-0.39, 0.29) is 6.61 Å². The Morgan fingerprint density at radius 3 is 3.10 bits per heavy atom. The Balaban J connectivity index is 1.94. The van der Waals surface area contributed by atoms with Crippen molar-refractivity contribution in [3.05, 3.63) is 17.5 Å². The van der Waals surface area contributed by atoms with E-state index in [9.17, 15) is 0 Å². The Morgan fingerprint density at radius 2 is 2.35 bits per heavy atom. The van der Waals surface area contributed by atoms with Gasteiger partial charge in [0.1, 0.15) is 0 Å². The Kier molecular flexibility index (Phi) is 6.05. The standard InChI is InChI=1S/C16H29N3O/c1-3-4-5-7-13(2)18-15-8-6-9-16-14(15)12-17-19(16)10-11-20/h12-13,15,18,20H,3-11H2,1-2H3. The minimum atomic E-state index is 0.166. The normalized spacial score (nSPS) is 19.9. The Hall–Kier alpha value is -0.870. The minimum Gasteiger partial charge on any atom is -0.394 e. The zero-order valence-corrected chi connectivity index (χ0v) is 12.9. The number of aliphatic hydroxyl groups is 1. The molecular formula is C16H29N3O. The van der Waals surface area contributed by atoms with E-state index in [4.69, 9.17) is 5.11 Å². The summed E-state index contributed by atoms with van der Waals surface area (Å²) >= 11 is 0. The van der Waals surface area contributed by atoms with Crippen molar-refractivity contribution >= 4 is 0 Å². The molecule has 1 heterocycles. The van der Waals surface area contributed by atoms with E-state index in [1.807, 2.05) is 10.9 Å². The van der Waals surface area contributed by atoms with Gasteiger partial charge in [0.2, 0.25) is 0 Å². The largest absolute Gasteiger partial charge is 0.394 e. The number of aromatic nitrogens is 2. The van der Waals surface area contributed by atoms with Crippen LogP contribution in [0.5, 0.6) is 0 Å². The lowest BCUT2D eigenvalue weighted by Gasteiger charge is -2.27. The van der Waals surface area contributed by atoms with E-state index >= 15 is 0 Å². The van der Waals surface area contributed by atoms with Crippen LogP contribution in [0.1, 0.15) is 69.7 Å². The smallest absolute Gasteiger partial charge is 0.0644 e. The summed E-state index contributed by atoms with van der Waals surface area (Å²) in [5, 5.41) is 17.3. The average molecular weight is 279 g/mol. The first-order chi connectivity index (χ1) is 9.76. The fraction of sp³-hybridized carbons (Fsp3) is 0.812. The van der Waals surface area contributed by atoms with Crippen molar-refractivity contribution in [2.24, 2.45) is 0 Å². The lowest BCUT2D eigenvalue weighted by molar-refractivity contribution is 0.266. The van der Waals surface area contributed by atoms with Gasteiger partial charge < -0.3 is 10.4 Å². The number of aliphatic hydroxyl groups excluding tert-OH is 1. The third-order valence-corrected chi connectivity index (χ3v) is 4.30. The van der Waals surface area contributed by atoms with Crippen LogP contribution in [0.25, 0.3) is 0 Å². The predicted molar refractivity (Wildman–Crippen MR) is 81.7 cm³/mol. The third-order valence-electron chi connectivity index (χ3n) is 4.30. The SMILES string of the molecule is CCCCCC(C)NC1CCCc2c1cnn2CCO. The first kappa shape index (κ1) is 15.5. The van der Waals surface area contributed by atoms with Gasteiger partial charge in [-0.25, -0.2) is 0 Å². The number of unbranched alkanes of at least 4 members (excludes halogenated alkanes) is 2. The van der Waals surface area contributed by atoms with E-state index in [1.54, 1.807) is 0 Å². The molecule has 1 aromatic heterocycles. The molecule has 0 spiro atoms. The van der Waals surface area contributed by atoms with E-state index in [0.29, 0.717) is 18.6 Å². The Labute approximate surface area is 122 Å². The third kappa shape index (κ3) is 3.83. The molecule has 1 aliphatic carbocycles. The van der Waals surface area contributed by atoms with Gasteiger partial charge in [-0.2, -0.15) is 5.10 Å². The molecule has 0 saturated heterocycles. The molecule has 20 heavy (non-hydrogen) atoms. The molecular weight excluding hydrogens is 250 g/mol. The Morgan fingerprint density at radius 1 is 1.50 bits per heavy atom. The van der Waals surface area contributed by atoms with Gasteiger partial charge in [0, 0.05) is 23.3 Å². The van der Waals surface area contributed by atoms with E-state index in [1.165, 1.54) is 49.8 Å². The molecule has 1 aromatic rings. The van der Waals surface area contributed by atoms with Crippen molar-refractivity contribution in [1.82, 2.24) is 15.1 Å². The number of nitrogens with one attached hydrogen (secondary N) is 1. The molecule has 0 bridgehead atoms. The van der Waals surface area contributed by atoms with Gasteiger partial charge in [-0.3, -0.25) is 4.68 Å². The van der Waals surface area contributed by atoms with Crippen LogP contribution in [0.4, 0.5) is 0 Å². The molecule has 114 valence electrons. The van der Waals surface area contributed by atoms with Gasteiger partial charge in [0.15, 0.2) is 0 Å². The van der Waals surface area contributed by atoms with Gasteiger partial charge in [0.05, 0.1) is 19.3 Å². The van der Waals surface area contributed by atoms with Gasteiger partial charge in [-0.1, -0.05) is 26.2 Å². The van der Waals surface area contributed by atoms with Gasteiger partial charge in [-0.15, -0.1) is 0 Å². The van der Waals surface area contributed by atoms with Crippen LogP contribution in [0.2, 0.25) is 0 Å². The summed E-state index contributed by atoms with van der Waals surface area (Å²) in [6, 6.07) is 1.02. The van der Waals surface area contributed by atoms with Crippen LogP contribution in [0.3, 0.4) is 0 Å².